The first-order valence-corrected chi connectivity index (χ1v) is 7.14. The summed E-state index contributed by atoms with van der Waals surface area (Å²) in [6.07, 6.45) is 0. The summed E-state index contributed by atoms with van der Waals surface area (Å²) in [6, 6.07) is 15.2. The zero-order valence-corrected chi connectivity index (χ0v) is 11.9. The van der Waals surface area contributed by atoms with Gasteiger partial charge in [-0.1, -0.05) is 35.9 Å². The highest BCUT2D eigenvalue weighted by Gasteiger charge is 2.26. The fourth-order valence-electron chi connectivity index (χ4n) is 2.75. The molecule has 0 aliphatic carbocycles. The van der Waals surface area contributed by atoms with Crippen LogP contribution in [0.25, 0.3) is 11.0 Å². The zero-order valence-electron chi connectivity index (χ0n) is 11.2. The molecule has 3 aromatic rings. The van der Waals surface area contributed by atoms with E-state index in [1.807, 2.05) is 12.1 Å². The average molecular weight is 298 g/mol. The fraction of sp³-hybridized carbons (Fsp3) is 0.118. The van der Waals surface area contributed by atoms with E-state index in [-0.39, 0.29) is 5.91 Å². The number of benzene rings is 2. The van der Waals surface area contributed by atoms with Crippen molar-refractivity contribution in [2.45, 2.75) is 13.1 Å². The van der Waals surface area contributed by atoms with Crippen molar-refractivity contribution in [2.75, 3.05) is 0 Å². The number of hydrogen-bond acceptors (Lipinski definition) is 2. The van der Waals surface area contributed by atoms with Gasteiger partial charge in [0.1, 0.15) is 5.58 Å². The Morgan fingerprint density at radius 2 is 1.76 bits per heavy atom. The zero-order chi connectivity index (χ0) is 14.4. The molecule has 104 valence electrons. The molecular weight excluding hydrogens is 286 g/mol. The van der Waals surface area contributed by atoms with Crippen LogP contribution in [0.5, 0.6) is 0 Å². The third-order valence-corrected chi connectivity index (χ3v) is 4.05. The van der Waals surface area contributed by atoms with Crippen LogP contribution in [0.3, 0.4) is 0 Å². The number of halogens is 1. The van der Waals surface area contributed by atoms with Gasteiger partial charge in [0.25, 0.3) is 5.91 Å². The van der Waals surface area contributed by atoms with E-state index in [4.69, 9.17) is 16.0 Å². The van der Waals surface area contributed by atoms with E-state index in [2.05, 4.69) is 12.1 Å². The number of carbonyl (C=O) groups is 1. The Kier molecular flexibility index (Phi) is 2.76. The van der Waals surface area contributed by atoms with Gasteiger partial charge in [0.05, 0.1) is 0 Å². The molecule has 0 saturated carbocycles. The van der Waals surface area contributed by atoms with Gasteiger partial charge in [-0.15, -0.1) is 0 Å². The maximum absolute atomic E-state index is 12.6. The third-order valence-electron chi connectivity index (χ3n) is 3.82. The molecule has 4 rings (SSSR count). The lowest BCUT2D eigenvalue weighted by Gasteiger charge is -2.13. The molecule has 21 heavy (non-hydrogen) atoms. The molecule has 1 aliphatic heterocycles. The van der Waals surface area contributed by atoms with E-state index < -0.39 is 0 Å². The predicted molar refractivity (Wildman–Crippen MR) is 81.2 cm³/mol. The Hall–Kier alpha value is -2.26. The SMILES string of the molecule is O=C(c1cc2cc(Cl)ccc2o1)N1Cc2ccccc2C1. The first-order valence-electron chi connectivity index (χ1n) is 6.76. The number of amides is 1. The van der Waals surface area contributed by atoms with E-state index >= 15 is 0 Å². The molecule has 0 fully saturated rings. The molecule has 3 nitrogen and oxygen atoms in total. The van der Waals surface area contributed by atoms with Crippen molar-refractivity contribution in [3.63, 3.8) is 0 Å². The van der Waals surface area contributed by atoms with Crippen LogP contribution in [0.4, 0.5) is 0 Å². The van der Waals surface area contributed by atoms with Crippen LogP contribution in [0, 0.1) is 0 Å². The van der Waals surface area contributed by atoms with Crippen molar-refractivity contribution in [3.8, 4) is 0 Å². The van der Waals surface area contributed by atoms with Crippen molar-refractivity contribution in [1.82, 2.24) is 4.90 Å². The van der Waals surface area contributed by atoms with Gasteiger partial charge in [-0.3, -0.25) is 4.79 Å². The van der Waals surface area contributed by atoms with Gasteiger partial charge < -0.3 is 9.32 Å². The minimum atomic E-state index is -0.0847. The average Bonchev–Trinajstić information content (AvgIpc) is 3.09. The molecule has 1 aliphatic rings. The summed E-state index contributed by atoms with van der Waals surface area (Å²) in [5, 5.41) is 1.48. The molecule has 4 heteroatoms. The molecule has 1 amide bonds. The van der Waals surface area contributed by atoms with Gasteiger partial charge in [-0.2, -0.15) is 0 Å². The first-order chi connectivity index (χ1) is 10.2. The Bertz CT molecular complexity index is 828. The quantitative estimate of drug-likeness (QED) is 0.673. The van der Waals surface area contributed by atoms with Crippen LogP contribution >= 0.6 is 11.6 Å². The van der Waals surface area contributed by atoms with E-state index in [9.17, 15) is 4.79 Å². The molecule has 0 N–H and O–H groups in total. The molecule has 1 aromatic heterocycles. The van der Waals surface area contributed by atoms with Crippen molar-refractivity contribution in [2.24, 2.45) is 0 Å². The van der Waals surface area contributed by atoms with Crippen LogP contribution in [0.15, 0.2) is 52.9 Å². The van der Waals surface area contributed by atoms with E-state index in [1.54, 1.807) is 29.2 Å². The van der Waals surface area contributed by atoms with E-state index in [0.717, 1.165) is 5.39 Å². The smallest absolute Gasteiger partial charge is 0.290 e. The van der Waals surface area contributed by atoms with Crippen LogP contribution in [-0.4, -0.2) is 10.8 Å². The van der Waals surface area contributed by atoms with Crippen LogP contribution in [0.2, 0.25) is 5.02 Å². The lowest BCUT2D eigenvalue weighted by molar-refractivity contribution is 0.0721. The standard InChI is InChI=1S/C17H12ClNO2/c18-14-5-6-15-13(7-14)8-16(21-15)17(20)19-9-11-3-1-2-4-12(11)10-19/h1-8H,9-10H2. The minimum absolute atomic E-state index is 0.0847. The molecule has 0 spiro atoms. The lowest BCUT2D eigenvalue weighted by Crippen LogP contribution is -2.24. The fourth-order valence-corrected chi connectivity index (χ4v) is 2.93. The maximum Gasteiger partial charge on any atom is 0.290 e. The van der Waals surface area contributed by atoms with E-state index in [0.29, 0.717) is 29.5 Å². The largest absolute Gasteiger partial charge is 0.451 e. The Labute approximate surface area is 126 Å². The molecule has 0 saturated heterocycles. The molecule has 0 unspecified atom stereocenters. The summed E-state index contributed by atoms with van der Waals surface area (Å²) in [5.74, 6) is 0.276. The Morgan fingerprint density at radius 3 is 2.48 bits per heavy atom. The molecular formula is C17H12ClNO2. The van der Waals surface area contributed by atoms with Gasteiger partial charge in [-0.05, 0) is 35.4 Å². The van der Waals surface area contributed by atoms with Crippen LogP contribution in [0.1, 0.15) is 21.7 Å². The minimum Gasteiger partial charge on any atom is -0.451 e. The Balaban J connectivity index is 1.65. The van der Waals surface area contributed by atoms with Crippen molar-refractivity contribution in [1.29, 1.82) is 0 Å². The number of carbonyl (C=O) groups excluding carboxylic acids is 1. The second-order valence-electron chi connectivity index (χ2n) is 5.22. The summed E-state index contributed by atoms with van der Waals surface area (Å²) in [5.41, 5.74) is 3.08. The Morgan fingerprint density at radius 1 is 1.05 bits per heavy atom. The maximum atomic E-state index is 12.6. The number of fused-ring (bicyclic) bond motifs is 2. The van der Waals surface area contributed by atoms with E-state index in [1.165, 1.54) is 11.1 Å². The summed E-state index contributed by atoms with van der Waals surface area (Å²) < 4.78 is 5.65. The summed E-state index contributed by atoms with van der Waals surface area (Å²) in [4.78, 5) is 14.4. The summed E-state index contributed by atoms with van der Waals surface area (Å²) in [7, 11) is 0. The van der Waals surface area contributed by atoms with Crippen molar-refractivity contribution >= 4 is 28.5 Å². The number of rotatable bonds is 1. The highest BCUT2D eigenvalue weighted by Crippen LogP contribution is 2.27. The van der Waals surface area contributed by atoms with Crippen molar-refractivity contribution in [3.05, 3.63) is 70.4 Å². The van der Waals surface area contributed by atoms with Crippen molar-refractivity contribution < 1.29 is 9.21 Å². The molecule has 0 radical (unpaired) electrons. The van der Waals surface area contributed by atoms with Crippen LogP contribution < -0.4 is 0 Å². The second-order valence-corrected chi connectivity index (χ2v) is 5.66. The monoisotopic (exact) mass is 297 g/mol. The predicted octanol–water partition coefficient (Wildman–Crippen LogP) is 4.24. The van der Waals surface area contributed by atoms with Gasteiger partial charge in [0.15, 0.2) is 5.76 Å². The van der Waals surface area contributed by atoms with Gasteiger partial charge >= 0.3 is 0 Å². The number of nitrogens with zero attached hydrogens (tertiary/aromatic N) is 1. The number of hydrogen-bond donors (Lipinski definition) is 0. The van der Waals surface area contributed by atoms with Gasteiger partial charge in [0, 0.05) is 23.5 Å². The highest BCUT2D eigenvalue weighted by atomic mass is 35.5. The van der Waals surface area contributed by atoms with Gasteiger partial charge in [-0.25, -0.2) is 0 Å². The first kappa shape index (κ1) is 12.5. The molecule has 0 atom stereocenters. The van der Waals surface area contributed by atoms with Gasteiger partial charge in [0.2, 0.25) is 0 Å². The summed E-state index contributed by atoms with van der Waals surface area (Å²) in [6.45, 7) is 1.26. The molecule has 2 heterocycles. The molecule has 0 bridgehead atoms. The number of furan rings is 1. The lowest BCUT2D eigenvalue weighted by atomic mass is 10.1. The molecule has 2 aromatic carbocycles. The topological polar surface area (TPSA) is 33.5 Å². The third kappa shape index (κ3) is 2.10. The summed E-state index contributed by atoms with van der Waals surface area (Å²) >= 11 is 5.96. The van der Waals surface area contributed by atoms with Crippen LogP contribution in [-0.2, 0) is 13.1 Å². The highest BCUT2D eigenvalue weighted by molar-refractivity contribution is 6.31. The normalized spacial score (nSPS) is 13.7. The second kappa shape index (κ2) is 4.64.